The first kappa shape index (κ1) is 21.5. The number of carbonyl (C=O) groups is 1. The van der Waals surface area contributed by atoms with Crippen molar-refractivity contribution in [2.24, 2.45) is 0 Å². The molecule has 1 aliphatic rings. The number of amides is 1. The van der Waals surface area contributed by atoms with Gasteiger partial charge in [-0.25, -0.2) is 4.39 Å². The molecule has 0 bridgehead atoms. The number of rotatable bonds is 7. The molecule has 166 valence electrons. The molecule has 8 nitrogen and oxygen atoms in total. The van der Waals surface area contributed by atoms with Gasteiger partial charge >= 0.3 is 0 Å². The summed E-state index contributed by atoms with van der Waals surface area (Å²) in [5.74, 6) is 0.760. The lowest BCUT2D eigenvalue weighted by Crippen LogP contribution is -2.48. The fourth-order valence-electron chi connectivity index (χ4n) is 3.55. The standard InChI is InChI=1S/C23H22FN3O5/c24-18-3-1-2-17(14-18)15-25-10-12-26(13-11-25)23(28)22-9-8-21(32-22)16-31-20-6-4-19(5-7-20)27(29)30/h1-9,14H,10-13,15-16H2. The second kappa shape index (κ2) is 9.61. The van der Waals surface area contributed by atoms with Gasteiger partial charge < -0.3 is 14.1 Å². The number of hydrogen-bond donors (Lipinski definition) is 0. The summed E-state index contributed by atoms with van der Waals surface area (Å²) in [6.45, 7) is 3.25. The molecule has 3 aromatic rings. The van der Waals surface area contributed by atoms with Crippen molar-refractivity contribution in [2.45, 2.75) is 13.2 Å². The highest BCUT2D eigenvalue weighted by molar-refractivity contribution is 5.91. The number of benzene rings is 2. The first-order valence-corrected chi connectivity index (χ1v) is 10.2. The fourth-order valence-corrected chi connectivity index (χ4v) is 3.55. The van der Waals surface area contributed by atoms with Gasteiger partial charge in [-0.15, -0.1) is 0 Å². The second-order valence-electron chi connectivity index (χ2n) is 7.50. The van der Waals surface area contributed by atoms with Crippen LogP contribution in [-0.4, -0.2) is 46.8 Å². The summed E-state index contributed by atoms with van der Waals surface area (Å²) >= 11 is 0. The number of hydrogen-bond acceptors (Lipinski definition) is 6. The van der Waals surface area contributed by atoms with Crippen molar-refractivity contribution in [1.29, 1.82) is 0 Å². The first-order valence-electron chi connectivity index (χ1n) is 10.2. The number of halogens is 1. The Balaban J connectivity index is 1.27. The van der Waals surface area contributed by atoms with Crippen LogP contribution in [-0.2, 0) is 13.2 Å². The Hall–Kier alpha value is -3.72. The van der Waals surface area contributed by atoms with Gasteiger partial charge in [0.1, 0.15) is 23.9 Å². The van der Waals surface area contributed by atoms with Gasteiger partial charge in [-0.2, -0.15) is 0 Å². The lowest BCUT2D eigenvalue weighted by Gasteiger charge is -2.34. The van der Waals surface area contributed by atoms with Crippen LogP contribution in [0.15, 0.2) is 65.1 Å². The summed E-state index contributed by atoms with van der Waals surface area (Å²) in [5, 5.41) is 10.7. The van der Waals surface area contributed by atoms with Crippen molar-refractivity contribution >= 4 is 11.6 Å². The van der Waals surface area contributed by atoms with Crippen molar-refractivity contribution < 1.29 is 23.3 Å². The number of non-ortho nitro benzene ring substituents is 1. The van der Waals surface area contributed by atoms with Gasteiger partial charge in [-0.05, 0) is 42.0 Å². The van der Waals surface area contributed by atoms with E-state index in [2.05, 4.69) is 4.90 Å². The minimum Gasteiger partial charge on any atom is -0.486 e. The van der Waals surface area contributed by atoms with Gasteiger partial charge in [0.05, 0.1) is 4.92 Å². The summed E-state index contributed by atoms with van der Waals surface area (Å²) < 4.78 is 24.6. The van der Waals surface area contributed by atoms with Crippen molar-refractivity contribution in [3.8, 4) is 5.75 Å². The van der Waals surface area contributed by atoms with E-state index < -0.39 is 4.92 Å². The molecule has 2 heterocycles. The van der Waals surface area contributed by atoms with Crippen LogP contribution in [0.3, 0.4) is 0 Å². The van der Waals surface area contributed by atoms with Crippen molar-refractivity contribution in [2.75, 3.05) is 26.2 Å². The number of nitro benzene ring substituents is 1. The molecule has 0 radical (unpaired) electrons. The van der Waals surface area contributed by atoms with Crippen molar-refractivity contribution in [1.82, 2.24) is 9.80 Å². The molecular formula is C23H22FN3O5. The monoisotopic (exact) mass is 439 g/mol. The van der Waals surface area contributed by atoms with E-state index >= 15 is 0 Å². The Morgan fingerprint density at radius 2 is 1.81 bits per heavy atom. The first-order chi connectivity index (χ1) is 15.5. The van der Waals surface area contributed by atoms with Gasteiger partial charge in [0, 0.05) is 44.9 Å². The van der Waals surface area contributed by atoms with Gasteiger partial charge in [-0.1, -0.05) is 12.1 Å². The maximum absolute atomic E-state index is 13.4. The lowest BCUT2D eigenvalue weighted by molar-refractivity contribution is -0.384. The summed E-state index contributed by atoms with van der Waals surface area (Å²) in [4.78, 5) is 26.9. The smallest absolute Gasteiger partial charge is 0.289 e. The predicted molar refractivity (Wildman–Crippen MR) is 114 cm³/mol. The highest BCUT2D eigenvalue weighted by Crippen LogP contribution is 2.20. The van der Waals surface area contributed by atoms with Crippen LogP contribution in [0.4, 0.5) is 10.1 Å². The number of nitro groups is 1. The molecule has 9 heteroatoms. The molecule has 1 aliphatic heterocycles. The van der Waals surface area contributed by atoms with Gasteiger partial charge in [0.25, 0.3) is 11.6 Å². The summed E-state index contributed by atoms with van der Waals surface area (Å²) in [6, 6.07) is 15.6. The zero-order valence-electron chi connectivity index (χ0n) is 17.3. The molecule has 0 atom stereocenters. The highest BCUT2D eigenvalue weighted by Gasteiger charge is 2.24. The summed E-state index contributed by atoms with van der Waals surface area (Å²) in [7, 11) is 0. The lowest BCUT2D eigenvalue weighted by atomic mass is 10.2. The quantitative estimate of drug-likeness (QED) is 0.410. The molecule has 0 saturated carbocycles. The van der Waals surface area contributed by atoms with E-state index in [1.165, 1.54) is 36.4 Å². The minimum absolute atomic E-state index is 0.0146. The normalized spacial score (nSPS) is 14.3. The van der Waals surface area contributed by atoms with E-state index in [0.29, 0.717) is 44.2 Å². The van der Waals surface area contributed by atoms with Crippen LogP contribution in [0, 0.1) is 15.9 Å². The second-order valence-corrected chi connectivity index (χ2v) is 7.50. The SMILES string of the molecule is O=C(c1ccc(COc2ccc([N+](=O)[O-])cc2)o1)N1CCN(Cc2cccc(F)c2)CC1. The zero-order valence-corrected chi connectivity index (χ0v) is 17.3. The number of furan rings is 1. The molecule has 4 rings (SSSR count). The highest BCUT2D eigenvalue weighted by atomic mass is 19.1. The topological polar surface area (TPSA) is 89.1 Å². The van der Waals surface area contributed by atoms with Crippen LogP contribution in [0.25, 0.3) is 0 Å². The van der Waals surface area contributed by atoms with Crippen molar-refractivity contribution in [3.05, 3.63) is 93.7 Å². The van der Waals surface area contributed by atoms with Crippen LogP contribution in [0.1, 0.15) is 21.9 Å². The zero-order chi connectivity index (χ0) is 22.5. The van der Waals surface area contributed by atoms with Gasteiger partial charge in [0.2, 0.25) is 0 Å². The molecule has 2 aromatic carbocycles. The minimum atomic E-state index is -0.477. The number of carbonyl (C=O) groups excluding carboxylic acids is 1. The maximum Gasteiger partial charge on any atom is 0.289 e. The van der Waals surface area contributed by atoms with Crippen LogP contribution in [0.5, 0.6) is 5.75 Å². The van der Waals surface area contributed by atoms with Crippen molar-refractivity contribution in [3.63, 3.8) is 0 Å². The van der Waals surface area contributed by atoms with E-state index in [-0.39, 0.29) is 29.8 Å². The third kappa shape index (κ3) is 5.30. The Bertz CT molecular complexity index is 1090. The summed E-state index contributed by atoms with van der Waals surface area (Å²) in [5.41, 5.74) is 0.896. The number of piperazine rings is 1. The number of nitrogens with zero attached hydrogens (tertiary/aromatic N) is 3. The Kier molecular flexibility index (Phi) is 6.46. The molecule has 0 unspecified atom stereocenters. The van der Waals surface area contributed by atoms with Crippen LogP contribution in [0.2, 0.25) is 0 Å². The largest absolute Gasteiger partial charge is 0.486 e. The molecule has 1 fully saturated rings. The average molecular weight is 439 g/mol. The number of ether oxygens (including phenoxy) is 1. The van der Waals surface area contributed by atoms with E-state index in [1.807, 2.05) is 6.07 Å². The molecule has 0 N–H and O–H groups in total. The fraction of sp³-hybridized carbons (Fsp3) is 0.261. The Labute approximate surface area is 184 Å². The molecular weight excluding hydrogens is 417 g/mol. The van der Waals surface area contributed by atoms with Crippen LogP contribution >= 0.6 is 0 Å². The molecule has 0 spiro atoms. The van der Waals surface area contributed by atoms with E-state index in [4.69, 9.17) is 9.15 Å². The molecule has 0 aliphatic carbocycles. The molecule has 1 saturated heterocycles. The third-order valence-corrected chi connectivity index (χ3v) is 5.26. The van der Waals surface area contributed by atoms with E-state index in [0.717, 1.165) is 5.56 Å². The molecule has 1 amide bonds. The average Bonchev–Trinajstić information content (AvgIpc) is 3.27. The van der Waals surface area contributed by atoms with Gasteiger partial charge in [-0.3, -0.25) is 19.8 Å². The predicted octanol–water partition coefficient (Wildman–Crippen LogP) is 3.86. The van der Waals surface area contributed by atoms with Crippen LogP contribution < -0.4 is 4.74 Å². The Morgan fingerprint density at radius 3 is 2.50 bits per heavy atom. The summed E-state index contributed by atoms with van der Waals surface area (Å²) in [6.07, 6.45) is 0. The molecule has 32 heavy (non-hydrogen) atoms. The van der Waals surface area contributed by atoms with E-state index in [1.54, 1.807) is 23.1 Å². The maximum atomic E-state index is 13.4. The van der Waals surface area contributed by atoms with E-state index in [9.17, 15) is 19.3 Å². The van der Waals surface area contributed by atoms with Gasteiger partial charge in [0.15, 0.2) is 5.76 Å². The molecule has 1 aromatic heterocycles. The third-order valence-electron chi connectivity index (χ3n) is 5.26. The Morgan fingerprint density at radius 1 is 1.06 bits per heavy atom.